The molecule has 2 N–H and O–H groups in total. The van der Waals surface area contributed by atoms with E-state index in [9.17, 15) is 4.79 Å². The predicted molar refractivity (Wildman–Crippen MR) is 58.2 cm³/mol. The summed E-state index contributed by atoms with van der Waals surface area (Å²) in [7, 11) is 0. The second kappa shape index (κ2) is 4.12. The monoisotopic (exact) mass is 211 g/mol. The molecule has 0 aromatic heterocycles. The molecular formula is C12H21NO2. The molecule has 3 nitrogen and oxygen atoms in total. The molecule has 0 spiro atoms. The van der Waals surface area contributed by atoms with Crippen LogP contribution in [0.2, 0.25) is 0 Å². The fourth-order valence-corrected chi connectivity index (χ4v) is 2.19. The molecule has 4 unspecified atom stereocenters. The molecule has 2 saturated carbocycles. The van der Waals surface area contributed by atoms with E-state index in [0.29, 0.717) is 5.92 Å². The normalized spacial score (nSPS) is 33.3. The lowest BCUT2D eigenvalue weighted by Gasteiger charge is -2.19. The molecule has 0 heterocycles. The Bertz CT molecular complexity index is 250. The van der Waals surface area contributed by atoms with E-state index in [1.807, 2.05) is 13.8 Å². The molecule has 2 aliphatic carbocycles. The molecule has 0 bridgehead atoms. The fraction of sp³-hybridized carbons (Fsp3) is 0.917. The lowest BCUT2D eigenvalue weighted by atomic mass is 10.0. The Hall–Kier alpha value is -0.570. The van der Waals surface area contributed by atoms with Crippen molar-refractivity contribution in [2.24, 2.45) is 23.7 Å². The summed E-state index contributed by atoms with van der Waals surface area (Å²) in [5.74, 6) is 2.17. The van der Waals surface area contributed by atoms with Crippen molar-refractivity contribution < 1.29 is 9.90 Å². The van der Waals surface area contributed by atoms with Gasteiger partial charge in [-0.2, -0.15) is 0 Å². The summed E-state index contributed by atoms with van der Waals surface area (Å²) in [6, 6.07) is 0.0861. The highest BCUT2D eigenvalue weighted by Gasteiger charge is 2.51. The molecule has 15 heavy (non-hydrogen) atoms. The molecule has 4 atom stereocenters. The van der Waals surface area contributed by atoms with Gasteiger partial charge >= 0.3 is 0 Å². The first-order valence-corrected chi connectivity index (χ1v) is 6.04. The van der Waals surface area contributed by atoms with E-state index in [1.165, 1.54) is 12.8 Å². The lowest BCUT2D eigenvalue weighted by Crippen LogP contribution is -2.39. The number of rotatable bonds is 5. The molecule has 86 valence electrons. The van der Waals surface area contributed by atoms with E-state index >= 15 is 0 Å². The molecular weight excluding hydrogens is 190 g/mol. The second-order valence-corrected chi connectivity index (χ2v) is 5.30. The van der Waals surface area contributed by atoms with Gasteiger partial charge in [-0.1, -0.05) is 6.92 Å². The van der Waals surface area contributed by atoms with Crippen molar-refractivity contribution in [2.75, 3.05) is 6.61 Å². The lowest BCUT2D eigenvalue weighted by molar-refractivity contribution is -0.123. The Balaban J connectivity index is 1.73. The first-order valence-electron chi connectivity index (χ1n) is 6.04. The molecule has 3 heteroatoms. The van der Waals surface area contributed by atoms with Crippen LogP contribution in [-0.2, 0) is 4.79 Å². The minimum atomic E-state index is 0.0861. The van der Waals surface area contributed by atoms with Crippen LogP contribution in [0.25, 0.3) is 0 Å². The largest absolute Gasteiger partial charge is 0.396 e. The van der Waals surface area contributed by atoms with Gasteiger partial charge in [0.25, 0.3) is 0 Å². The van der Waals surface area contributed by atoms with Gasteiger partial charge in [0.05, 0.1) is 0 Å². The van der Waals surface area contributed by atoms with E-state index in [0.717, 1.165) is 12.3 Å². The number of amides is 1. The third-order valence-electron chi connectivity index (χ3n) is 3.92. The van der Waals surface area contributed by atoms with E-state index in [2.05, 4.69) is 5.32 Å². The summed E-state index contributed by atoms with van der Waals surface area (Å²) >= 11 is 0. The maximum absolute atomic E-state index is 11.8. The van der Waals surface area contributed by atoms with Crippen molar-refractivity contribution in [3.8, 4) is 0 Å². The van der Waals surface area contributed by atoms with E-state index in [4.69, 9.17) is 5.11 Å². The summed E-state index contributed by atoms with van der Waals surface area (Å²) < 4.78 is 0. The molecule has 0 aromatic carbocycles. The van der Waals surface area contributed by atoms with E-state index in [1.54, 1.807) is 0 Å². The smallest absolute Gasteiger partial charge is 0.223 e. The number of aliphatic hydroxyl groups excluding tert-OH is 1. The van der Waals surface area contributed by atoms with Crippen LogP contribution in [-0.4, -0.2) is 23.7 Å². The minimum absolute atomic E-state index is 0.0861. The summed E-state index contributed by atoms with van der Waals surface area (Å²) in [6.07, 6.45) is 3.75. The SMILES string of the molecule is CC(CO)C(C)NC(=O)C1CC1C1CC1. The highest BCUT2D eigenvalue weighted by molar-refractivity contribution is 5.81. The zero-order chi connectivity index (χ0) is 11.0. The maximum Gasteiger partial charge on any atom is 0.223 e. The van der Waals surface area contributed by atoms with Gasteiger partial charge in [0.2, 0.25) is 5.91 Å². The molecule has 2 fully saturated rings. The Morgan fingerprint density at radius 2 is 2.13 bits per heavy atom. The topological polar surface area (TPSA) is 49.3 Å². The molecule has 0 saturated heterocycles. The Morgan fingerprint density at radius 1 is 1.47 bits per heavy atom. The van der Waals surface area contributed by atoms with Crippen LogP contribution in [0.5, 0.6) is 0 Å². The number of carbonyl (C=O) groups is 1. The van der Waals surface area contributed by atoms with Gasteiger partial charge in [-0.3, -0.25) is 4.79 Å². The number of nitrogens with one attached hydrogen (secondary N) is 1. The average molecular weight is 211 g/mol. The van der Waals surface area contributed by atoms with Crippen LogP contribution in [0.15, 0.2) is 0 Å². The van der Waals surface area contributed by atoms with Gasteiger partial charge in [-0.15, -0.1) is 0 Å². The van der Waals surface area contributed by atoms with Gasteiger partial charge < -0.3 is 10.4 Å². The van der Waals surface area contributed by atoms with Crippen molar-refractivity contribution in [2.45, 2.75) is 39.2 Å². The zero-order valence-electron chi connectivity index (χ0n) is 9.57. The van der Waals surface area contributed by atoms with Crippen LogP contribution in [0, 0.1) is 23.7 Å². The molecule has 2 aliphatic rings. The molecule has 2 rings (SSSR count). The Labute approximate surface area is 91.2 Å². The van der Waals surface area contributed by atoms with Gasteiger partial charge in [0, 0.05) is 18.6 Å². The van der Waals surface area contributed by atoms with Crippen molar-refractivity contribution in [1.29, 1.82) is 0 Å². The first-order chi connectivity index (χ1) is 7.13. The first kappa shape index (κ1) is 10.9. The van der Waals surface area contributed by atoms with Gasteiger partial charge in [0.15, 0.2) is 0 Å². The Kier molecular flexibility index (Phi) is 3.01. The quantitative estimate of drug-likeness (QED) is 0.717. The van der Waals surface area contributed by atoms with Crippen LogP contribution in [0.4, 0.5) is 0 Å². The highest BCUT2D eigenvalue weighted by atomic mass is 16.3. The second-order valence-electron chi connectivity index (χ2n) is 5.30. The van der Waals surface area contributed by atoms with Crippen LogP contribution in [0.3, 0.4) is 0 Å². The third kappa shape index (κ3) is 2.51. The molecule has 1 amide bonds. The van der Waals surface area contributed by atoms with Crippen molar-refractivity contribution >= 4 is 5.91 Å². The molecule has 0 aromatic rings. The van der Waals surface area contributed by atoms with Crippen LogP contribution in [0.1, 0.15) is 33.1 Å². The number of hydrogen-bond acceptors (Lipinski definition) is 2. The number of hydrogen-bond donors (Lipinski definition) is 2. The highest BCUT2D eigenvalue weighted by Crippen LogP contribution is 2.54. The van der Waals surface area contributed by atoms with Gasteiger partial charge in [0.1, 0.15) is 0 Å². The Morgan fingerprint density at radius 3 is 2.67 bits per heavy atom. The minimum Gasteiger partial charge on any atom is -0.396 e. The summed E-state index contributed by atoms with van der Waals surface area (Å²) in [4.78, 5) is 11.8. The summed E-state index contributed by atoms with van der Waals surface area (Å²) in [5.41, 5.74) is 0. The average Bonchev–Trinajstić information content (AvgIpc) is 3.03. The van der Waals surface area contributed by atoms with Crippen molar-refractivity contribution in [3.05, 3.63) is 0 Å². The van der Waals surface area contributed by atoms with Crippen LogP contribution >= 0.6 is 0 Å². The standard InChI is InChI=1S/C12H21NO2/c1-7(6-14)8(2)13-12(15)11-5-10(11)9-3-4-9/h7-11,14H,3-6H2,1-2H3,(H,13,15). The number of carbonyl (C=O) groups excluding carboxylic acids is 1. The van der Waals surface area contributed by atoms with Crippen molar-refractivity contribution in [3.63, 3.8) is 0 Å². The zero-order valence-corrected chi connectivity index (χ0v) is 9.57. The van der Waals surface area contributed by atoms with Crippen molar-refractivity contribution in [1.82, 2.24) is 5.32 Å². The maximum atomic E-state index is 11.8. The number of aliphatic hydroxyl groups is 1. The predicted octanol–water partition coefficient (Wildman–Crippen LogP) is 1.17. The fourth-order valence-electron chi connectivity index (χ4n) is 2.19. The van der Waals surface area contributed by atoms with Gasteiger partial charge in [-0.25, -0.2) is 0 Å². The molecule has 0 radical (unpaired) electrons. The third-order valence-corrected chi connectivity index (χ3v) is 3.92. The molecule has 0 aliphatic heterocycles. The summed E-state index contributed by atoms with van der Waals surface area (Å²) in [6.45, 7) is 4.06. The van der Waals surface area contributed by atoms with Crippen LogP contribution < -0.4 is 5.32 Å². The van der Waals surface area contributed by atoms with Gasteiger partial charge in [-0.05, 0) is 43.9 Å². The van der Waals surface area contributed by atoms with E-state index < -0.39 is 0 Å². The van der Waals surface area contributed by atoms with E-state index in [-0.39, 0.29) is 30.4 Å². The summed E-state index contributed by atoms with van der Waals surface area (Å²) in [5, 5.41) is 12.0.